The number of likely N-dealkylation sites (N-methyl/N-ethyl adjacent to an activating group) is 1. The molecule has 1 aliphatic heterocycles. The number of likely N-dealkylation sites (tertiary alicyclic amines) is 1. The Balaban J connectivity index is 0.00000191. The predicted octanol–water partition coefficient (Wildman–Crippen LogP) is 2.49. The van der Waals surface area contributed by atoms with Crippen LogP contribution >= 0.6 is 0 Å². The quantitative estimate of drug-likeness (QED) is 0.675. The van der Waals surface area contributed by atoms with Crippen LogP contribution in [0.25, 0.3) is 0 Å². The molecular formula is C17H39N3O. The van der Waals surface area contributed by atoms with E-state index in [1.165, 1.54) is 25.8 Å². The van der Waals surface area contributed by atoms with Gasteiger partial charge in [-0.15, -0.1) is 0 Å². The van der Waals surface area contributed by atoms with E-state index in [-0.39, 0.29) is 5.54 Å². The zero-order chi connectivity index (χ0) is 16.1. The standard InChI is InChI=1S/C15H33N3O.C2H6/c1-15(2,3)17-13-14-7-5-6-9-18(14)10-12-19-11-8-16-4;1-2/h14,16-17H,5-13H2,1-4H3;1-2H3. The Labute approximate surface area is 133 Å². The van der Waals surface area contributed by atoms with E-state index in [9.17, 15) is 0 Å². The van der Waals surface area contributed by atoms with Crippen LogP contribution < -0.4 is 10.6 Å². The Kier molecular flexibility index (Phi) is 12.3. The van der Waals surface area contributed by atoms with E-state index in [4.69, 9.17) is 4.74 Å². The summed E-state index contributed by atoms with van der Waals surface area (Å²) in [6.07, 6.45) is 4.02. The van der Waals surface area contributed by atoms with E-state index >= 15 is 0 Å². The van der Waals surface area contributed by atoms with Gasteiger partial charge in [-0.3, -0.25) is 4.90 Å². The van der Waals surface area contributed by atoms with E-state index in [0.29, 0.717) is 6.04 Å². The summed E-state index contributed by atoms with van der Waals surface area (Å²) < 4.78 is 5.65. The van der Waals surface area contributed by atoms with E-state index in [2.05, 4.69) is 36.3 Å². The van der Waals surface area contributed by atoms with Crippen LogP contribution in [0.5, 0.6) is 0 Å². The zero-order valence-electron chi connectivity index (χ0n) is 15.3. The highest BCUT2D eigenvalue weighted by molar-refractivity contribution is 4.82. The van der Waals surface area contributed by atoms with E-state index in [0.717, 1.165) is 32.8 Å². The second-order valence-electron chi connectivity index (χ2n) is 6.53. The van der Waals surface area contributed by atoms with Crippen LogP contribution in [0, 0.1) is 0 Å². The molecule has 1 rings (SSSR count). The molecule has 128 valence electrons. The SMILES string of the molecule is CC.CNCCOCCN1CCCCC1CNC(C)(C)C. The molecule has 0 radical (unpaired) electrons. The van der Waals surface area contributed by atoms with Gasteiger partial charge in [0, 0.05) is 31.2 Å². The van der Waals surface area contributed by atoms with Gasteiger partial charge in [-0.05, 0) is 47.2 Å². The van der Waals surface area contributed by atoms with Crippen molar-refractivity contribution in [3.8, 4) is 0 Å². The Morgan fingerprint density at radius 3 is 2.48 bits per heavy atom. The van der Waals surface area contributed by atoms with Gasteiger partial charge in [-0.2, -0.15) is 0 Å². The van der Waals surface area contributed by atoms with Gasteiger partial charge in [0.1, 0.15) is 0 Å². The average molecular weight is 302 g/mol. The lowest BCUT2D eigenvalue weighted by Gasteiger charge is -2.37. The molecule has 0 aromatic carbocycles. The maximum absolute atomic E-state index is 5.65. The number of nitrogens with one attached hydrogen (secondary N) is 2. The summed E-state index contributed by atoms with van der Waals surface area (Å²) in [6.45, 7) is 16.7. The van der Waals surface area contributed by atoms with Crippen molar-refractivity contribution in [1.82, 2.24) is 15.5 Å². The molecular weight excluding hydrogens is 262 g/mol. The van der Waals surface area contributed by atoms with E-state index < -0.39 is 0 Å². The molecule has 0 saturated carbocycles. The fraction of sp³-hybridized carbons (Fsp3) is 1.00. The Morgan fingerprint density at radius 1 is 1.14 bits per heavy atom. The van der Waals surface area contributed by atoms with Gasteiger partial charge < -0.3 is 15.4 Å². The summed E-state index contributed by atoms with van der Waals surface area (Å²) in [5.74, 6) is 0. The van der Waals surface area contributed by atoms with Crippen LogP contribution in [0.1, 0.15) is 53.9 Å². The van der Waals surface area contributed by atoms with Gasteiger partial charge in [0.15, 0.2) is 0 Å². The van der Waals surface area contributed by atoms with Crippen LogP contribution in [-0.2, 0) is 4.74 Å². The minimum atomic E-state index is 0.215. The first-order valence-electron chi connectivity index (χ1n) is 8.74. The van der Waals surface area contributed by atoms with Crippen LogP contribution in [0.15, 0.2) is 0 Å². The summed E-state index contributed by atoms with van der Waals surface area (Å²) in [5, 5.41) is 6.74. The average Bonchev–Trinajstić information content (AvgIpc) is 2.47. The minimum absolute atomic E-state index is 0.215. The Hall–Kier alpha value is -0.160. The highest BCUT2D eigenvalue weighted by atomic mass is 16.5. The van der Waals surface area contributed by atoms with Gasteiger partial charge in [-0.25, -0.2) is 0 Å². The molecule has 21 heavy (non-hydrogen) atoms. The monoisotopic (exact) mass is 301 g/mol. The van der Waals surface area contributed by atoms with Gasteiger partial charge in [-0.1, -0.05) is 20.3 Å². The number of hydrogen-bond acceptors (Lipinski definition) is 4. The molecule has 0 spiro atoms. The third-order valence-electron chi connectivity index (χ3n) is 3.64. The van der Waals surface area contributed by atoms with Gasteiger partial charge in [0.2, 0.25) is 0 Å². The lowest BCUT2D eigenvalue weighted by Crippen LogP contribution is -2.50. The maximum atomic E-state index is 5.65. The summed E-state index contributed by atoms with van der Waals surface area (Å²) in [4.78, 5) is 2.60. The third-order valence-corrected chi connectivity index (χ3v) is 3.64. The second kappa shape index (κ2) is 12.4. The number of piperidine rings is 1. The summed E-state index contributed by atoms with van der Waals surface area (Å²) in [6, 6.07) is 0.681. The van der Waals surface area contributed by atoms with Crippen LogP contribution in [-0.4, -0.2) is 62.9 Å². The number of nitrogens with zero attached hydrogens (tertiary/aromatic N) is 1. The molecule has 1 unspecified atom stereocenters. The smallest absolute Gasteiger partial charge is 0.0594 e. The highest BCUT2D eigenvalue weighted by Gasteiger charge is 2.23. The first-order chi connectivity index (χ1) is 10.0. The van der Waals surface area contributed by atoms with Gasteiger partial charge in [0.05, 0.1) is 13.2 Å². The molecule has 1 aliphatic rings. The van der Waals surface area contributed by atoms with Crippen molar-refractivity contribution in [2.24, 2.45) is 0 Å². The summed E-state index contributed by atoms with van der Waals surface area (Å²) in [7, 11) is 1.96. The molecule has 0 aromatic heterocycles. The molecule has 1 atom stereocenters. The van der Waals surface area contributed by atoms with Gasteiger partial charge in [0.25, 0.3) is 0 Å². The number of ether oxygens (including phenoxy) is 1. The van der Waals surface area contributed by atoms with Crippen molar-refractivity contribution >= 4 is 0 Å². The van der Waals surface area contributed by atoms with Crippen molar-refractivity contribution in [2.45, 2.75) is 65.5 Å². The molecule has 0 bridgehead atoms. The molecule has 4 nitrogen and oxygen atoms in total. The van der Waals surface area contributed by atoms with Crippen molar-refractivity contribution in [2.75, 3.05) is 46.4 Å². The van der Waals surface area contributed by atoms with Crippen LogP contribution in [0.3, 0.4) is 0 Å². The molecule has 4 heteroatoms. The lowest BCUT2D eigenvalue weighted by atomic mass is 10.0. The van der Waals surface area contributed by atoms with Gasteiger partial charge >= 0.3 is 0 Å². The Bertz CT molecular complexity index is 229. The lowest BCUT2D eigenvalue weighted by molar-refractivity contribution is 0.0710. The first kappa shape index (κ1) is 20.8. The molecule has 0 aliphatic carbocycles. The van der Waals surface area contributed by atoms with E-state index in [1.54, 1.807) is 0 Å². The zero-order valence-corrected chi connectivity index (χ0v) is 15.3. The number of hydrogen-bond donors (Lipinski definition) is 2. The first-order valence-corrected chi connectivity index (χ1v) is 8.74. The predicted molar refractivity (Wildman–Crippen MR) is 93.1 cm³/mol. The topological polar surface area (TPSA) is 36.5 Å². The molecule has 1 fully saturated rings. The normalized spacial score (nSPS) is 20.0. The summed E-state index contributed by atoms with van der Waals surface area (Å²) >= 11 is 0. The third kappa shape index (κ3) is 11.1. The summed E-state index contributed by atoms with van der Waals surface area (Å²) in [5.41, 5.74) is 0.215. The Morgan fingerprint density at radius 2 is 1.86 bits per heavy atom. The minimum Gasteiger partial charge on any atom is -0.379 e. The van der Waals surface area contributed by atoms with Crippen molar-refractivity contribution < 1.29 is 4.74 Å². The van der Waals surface area contributed by atoms with Crippen LogP contribution in [0.2, 0.25) is 0 Å². The molecule has 0 amide bonds. The van der Waals surface area contributed by atoms with Crippen molar-refractivity contribution in [1.29, 1.82) is 0 Å². The molecule has 1 heterocycles. The van der Waals surface area contributed by atoms with Crippen molar-refractivity contribution in [3.05, 3.63) is 0 Å². The number of rotatable bonds is 8. The fourth-order valence-electron chi connectivity index (χ4n) is 2.47. The molecule has 0 aromatic rings. The molecule has 2 N–H and O–H groups in total. The maximum Gasteiger partial charge on any atom is 0.0594 e. The van der Waals surface area contributed by atoms with E-state index in [1.807, 2.05) is 20.9 Å². The molecule has 1 saturated heterocycles. The highest BCUT2D eigenvalue weighted by Crippen LogP contribution is 2.16. The van der Waals surface area contributed by atoms with Crippen LogP contribution in [0.4, 0.5) is 0 Å². The largest absolute Gasteiger partial charge is 0.379 e. The fourth-order valence-corrected chi connectivity index (χ4v) is 2.47. The van der Waals surface area contributed by atoms with Crippen molar-refractivity contribution in [3.63, 3.8) is 0 Å². The second-order valence-corrected chi connectivity index (χ2v) is 6.53.